The van der Waals surface area contributed by atoms with Crippen LogP contribution in [0.25, 0.3) is 0 Å². The third kappa shape index (κ3) is 7.12. The second-order valence-corrected chi connectivity index (χ2v) is 7.59. The van der Waals surface area contributed by atoms with Crippen molar-refractivity contribution in [3.63, 3.8) is 0 Å². The fraction of sp³-hybridized carbons (Fsp3) is 0.333. The largest absolute Gasteiger partial charge is 0.491 e. The molecule has 1 aliphatic rings. The van der Waals surface area contributed by atoms with E-state index in [0.29, 0.717) is 35.8 Å². The van der Waals surface area contributed by atoms with Gasteiger partial charge in [0.1, 0.15) is 18.5 Å². The molecule has 2 aromatic carbocycles. The van der Waals surface area contributed by atoms with Crippen LogP contribution in [0.5, 0.6) is 17.2 Å². The zero-order valence-corrected chi connectivity index (χ0v) is 18.7. The molecule has 2 atom stereocenters. The zero-order chi connectivity index (χ0) is 24.3. The molecule has 10 heteroatoms. The third-order valence-corrected chi connectivity index (χ3v) is 5.11. The van der Waals surface area contributed by atoms with Gasteiger partial charge in [0.15, 0.2) is 11.5 Å². The highest BCUT2D eigenvalue weighted by molar-refractivity contribution is 5.86. The van der Waals surface area contributed by atoms with E-state index < -0.39 is 18.1 Å². The molecule has 0 saturated carbocycles. The molecular formula is C24H28N2O8. The molecule has 0 aliphatic carbocycles. The Kier molecular flexibility index (Phi) is 9.12. The number of rotatable bonds is 11. The number of fused-ring (bicyclic) bond motifs is 1. The molecule has 0 aromatic heterocycles. The number of nitrogens with one attached hydrogen (secondary N) is 2. The lowest BCUT2D eigenvalue weighted by molar-refractivity contribution is -0.124. The van der Waals surface area contributed by atoms with Crippen LogP contribution in [0.2, 0.25) is 0 Å². The average Bonchev–Trinajstić information content (AvgIpc) is 3.32. The van der Waals surface area contributed by atoms with E-state index in [1.54, 1.807) is 48.5 Å². The first-order chi connectivity index (χ1) is 16.5. The van der Waals surface area contributed by atoms with Crippen molar-refractivity contribution in [2.24, 2.45) is 5.92 Å². The van der Waals surface area contributed by atoms with E-state index in [-0.39, 0.29) is 25.9 Å². The summed E-state index contributed by atoms with van der Waals surface area (Å²) in [4.78, 5) is 23.9. The SMILES string of the molecule is C[C@H](CC/C=C/C(=O)NO)[C@@H](OC(=O)Nc1ccc2c(c1)OCO2)c1ccc(OCCO)cc1. The van der Waals surface area contributed by atoms with Gasteiger partial charge in [0.25, 0.3) is 5.91 Å². The number of anilines is 1. The van der Waals surface area contributed by atoms with Gasteiger partial charge in [-0.05, 0) is 48.6 Å². The summed E-state index contributed by atoms with van der Waals surface area (Å²) in [5.41, 5.74) is 2.81. The summed E-state index contributed by atoms with van der Waals surface area (Å²) in [6.45, 7) is 2.16. The summed E-state index contributed by atoms with van der Waals surface area (Å²) in [6.07, 6.45) is 2.81. The Hall–Kier alpha value is -3.76. The van der Waals surface area contributed by atoms with Crippen LogP contribution in [-0.4, -0.2) is 42.3 Å². The quantitative estimate of drug-likeness (QED) is 0.221. The maximum absolute atomic E-state index is 12.7. The van der Waals surface area contributed by atoms with Crippen LogP contribution < -0.4 is 25.0 Å². The molecule has 0 saturated heterocycles. The minimum absolute atomic E-state index is 0.0909. The summed E-state index contributed by atoms with van der Waals surface area (Å²) >= 11 is 0. The third-order valence-electron chi connectivity index (χ3n) is 5.11. The zero-order valence-electron chi connectivity index (χ0n) is 18.7. The monoisotopic (exact) mass is 472 g/mol. The molecule has 10 nitrogen and oxygen atoms in total. The number of ether oxygens (including phenoxy) is 4. The van der Waals surface area contributed by atoms with Crippen LogP contribution in [0.4, 0.5) is 10.5 Å². The fourth-order valence-corrected chi connectivity index (χ4v) is 3.41. The van der Waals surface area contributed by atoms with Gasteiger partial charge in [-0.25, -0.2) is 10.3 Å². The Balaban J connectivity index is 1.68. The fourth-order valence-electron chi connectivity index (χ4n) is 3.41. The molecule has 2 aromatic rings. The number of carbonyl (C=O) groups excluding carboxylic acids is 2. The van der Waals surface area contributed by atoms with Gasteiger partial charge in [0.05, 0.1) is 6.61 Å². The normalized spacial score (nSPS) is 13.9. The first kappa shape index (κ1) is 24.9. The Morgan fingerprint density at radius 2 is 1.91 bits per heavy atom. The van der Waals surface area contributed by atoms with Gasteiger partial charge >= 0.3 is 6.09 Å². The Labute approximate surface area is 197 Å². The van der Waals surface area contributed by atoms with Gasteiger partial charge < -0.3 is 24.1 Å². The number of hydrogen-bond acceptors (Lipinski definition) is 8. The number of allylic oxidation sites excluding steroid dienone is 1. The maximum Gasteiger partial charge on any atom is 0.412 e. The number of hydrogen-bond donors (Lipinski definition) is 4. The van der Waals surface area contributed by atoms with Crippen molar-refractivity contribution < 1.29 is 38.9 Å². The smallest absolute Gasteiger partial charge is 0.412 e. The second kappa shape index (κ2) is 12.5. The predicted molar refractivity (Wildman–Crippen MR) is 122 cm³/mol. The first-order valence-corrected chi connectivity index (χ1v) is 10.8. The second-order valence-electron chi connectivity index (χ2n) is 7.59. The highest BCUT2D eigenvalue weighted by Crippen LogP contribution is 2.35. The van der Waals surface area contributed by atoms with Crippen molar-refractivity contribution in [3.8, 4) is 17.2 Å². The first-order valence-electron chi connectivity index (χ1n) is 10.8. The van der Waals surface area contributed by atoms with Gasteiger partial charge in [-0.15, -0.1) is 0 Å². The average molecular weight is 472 g/mol. The van der Waals surface area contributed by atoms with Gasteiger partial charge in [0.2, 0.25) is 6.79 Å². The summed E-state index contributed by atoms with van der Waals surface area (Å²) in [6, 6.07) is 12.2. The van der Waals surface area contributed by atoms with Crippen LogP contribution >= 0.6 is 0 Å². The number of hydroxylamine groups is 1. The van der Waals surface area contributed by atoms with E-state index in [0.717, 1.165) is 5.56 Å². The van der Waals surface area contributed by atoms with Crippen LogP contribution in [0, 0.1) is 5.92 Å². The molecule has 0 spiro atoms. The number of aliphatic hydroxyl groups excluding tert-OH is 1. The van der Waals surface area contributed by atoms with Crippen LogP contribution in [-0.2, 0) is 9.53 Å². The lowest BCUT2D eigenvalue weighted by Crippen LogP contribution is -2.22. The minimum Gasteiger partial charge on any atom is -0.491 e. The summed E-state index contributed by atoms with van der Waals surface area (Å²) in [7, 11) is 0. The molecule has 1 heterocycles. The van der Waals surface area contributed by atoms with E-state index in [9.17, 15) is 9.59 Å². The van der Waals surface area contributed by atoms with E-state index in [4.69, 9.17) is 29.3 Å². The van der Waals surface area contributed by atoms with Crippen LogP contribution in [0.3, 0.4) is 0 Å². The number of benzene rings is 2. The van der Waals surface area contributed by atoms with Gasteiger partial charge in [-0.3, -0.25) is 15.3 Å². The molecule has 34 heavy (non-hydrogen) atoms. The molecule has 0 unspecified atom stereocenters. The molecule has 4 N–H and O–H groups in total. The molecule has 0 fully saturated rings. The Morgan fingerprint density at radius 1 is 1.15 bits per heavy atom. The number of carbonyl (C=O) groups is 2. The Bertz CT molecular complexity index is 993. The van der Waals surface area contributed by atoms with Gasteiger partial charge in [0, 0.05) is 17.8 Å². The van der Waals surface area contributed by atoms with Crippen LogP contribution in [0.1, 0.15) is 31.4 Å². The molecular weight excluding hydrogens is 444 g/mol. The lowest BCUT2D eigenvalue weighted by Gasteiger charge is -2.25. The summed E-state index contributed by atoms with van der Waals surface area (Å²) < 4.78 is 21.8. The molecule has 0 bridgehead atoms. The van der Waals surface area contributed by atoms with Crippen molar-refractivity contribution in [3.05, 3.63) is 60.2 Å². The van der Waals surface area contributed by atoms with Crippen molar-refractivity contribution in [1.82, 2.24) is 5.48 Å². The summed E-state index contributed by atoms with van der Waals surface area (Å²) in [5.74, 6) is 1.03. The number of aliphatic hydroxyl groups is 1. The van der Waals surface area contributed by atoms with E-state index >= 15 is 0 Å². The molecule has 3 rings (SSSR count). The van der Waals surface area contributed by atoms with Gasteiger partial charge in [-0.1, -0.05) is 25.1 Å². The highest BCUT2D eigenvalue weighted by atomic mass is 16.7. The van der Waals surface area contributed by atoms with E-state index in [1.165, 1.54) is 11.6 Å². The van der Waals surface area contributed by atoms with E-state index in [1.807, 2.05) is 6.92 Å². The minimum atomic E-state index is -0.633. The Morgan fingerprint density at radius 3 is 2.65 bits per heavy atom. The van der Waals surface area contributed by atoms with Crippen molar-refractivity contribution >= 4 is 17.7 Å². The van der Waals surface area contributed by atoms with Crippen molar-refractivity contribution in [2.45, 2.75) is 25.9 Å². The van der Waals surface area contributed by atoms with Crippen LogP contribution in [0.15, 0.2) is 54.6 Å². The topological polar surface area (TPSA) is 136 Å². The molecule has 0 radical (unpaired) electrons. The highest BCUT2D eigenvalue weighted by Gasteiger charge is 2.24. The molecule has 1 aliphatic heterocycles. The van der Waals surface area contributed by atoms with Crippen molar-refractivity contribution in [1.29, 1.82) is 0 Å². The molecule has 2 amide bonds. The maximum atomic E-state index is 12.7. The lowest BCUT2D eigenvalue weighted by atomic mass is 9.93. The standard InChI is InChI=1S/C24H28N2O8/c1-16(4-2-3-5-22(28)26-30)23(17-6-9-19(10-7-17)31-13-12-27)34-24(29)25-18-8-11-20-21(14-18)33-15-32-20/h3,5-11,14,16,23,27,30H,2,4,12-13,15H2,1H3,(H,25,29)(H,26,28)/b5-3+/t16-,23-/m1/s1. The number of amides is 2. The summed E-state index contributed by atoms with van der Waals surface area (Å²) in [5, 5.41) is 20.2. The molecule has 182 valence electrons. The predicted octanol–water partition coefficient (Wildman–Crippen LogP) is 3.55. The van der Waals surface area contributed by atoms with E-state index in [2.05, 4.69) is 5.32 Å². The van der Waals surface area contributed by atoms with Crippen molar-refractivity contribution in [2.75, 3.05) is 25.3 Å². The van der Waals surface area contributed by atoms with Gasteiger partial charge in [-0.2, -0.15) is 0 Å².